The fourth-order valence-electron chi connectivity index (χ4n) is 2.03. The second-order valence-corrected chi connectivity index (χ2v) is 5.00. The molecule has 0 radical (unpaired) electrons. The van der Waals surface area contributed by atoms with Crippen molar-refractivity contribution in [1.82, 2.24) is 15.0 Å². The summed E-state index contributed by atoms with van der Waals surface area (Å²) in [4.78, 5) is 12.5. The summed E-state index contributed by atoms with van der Waals surface area (Å²) >= 11 is 0. The predicted molar refractivity (Wildman–Crippen MR) is 82.7 cm³/mol. The zero-order valence-electron chi connectivity index (χ0n) is 12.4. The van der Waals surface area contributed by atoms with E-state index in [2.05, 4.69) is 25.0 Å². The Morgan fingerprint density at radius 3 is 2.62 bits per heavy atom. The number of ether oxygens (including phenoxy) is 1. The highest BCUT2D eigenvalue weighted by molar-refractivity contribution is 5.75. The summed E-state index contributed by atoms with van der Waals surface area (Å²) in [6.07, 6.45) is -1.39. The van der Waals surface area contributed by atoms with Crippen molar-refractivity contribution in [3.8, 4) is 5.88 Å². The van der Waals surface area contributed by atoms with Gasteiger partial charge in [-0.3, -0.25) is 4.98 Å². The number of rotatable bonds is 5. The van der Waals surface area contributed by atoms with Crippen LogP contribution in [0.2, 0.25) is 0 Å². The van der Waals surface area contributed by atoms with E-state index in [9.17, 15) is 13.2 Å². The maximum atomic E-state index is 12.2. The lowest BCUT2D eigenvalue weighted by atomic mass is 10.2. The molecule has 0 amide bonds. The van der Waals surface area contributed by atoms with E-state index >= 15 is 0 Å². The van der Waals surface area contributed by atoms with Gasteiger partial charge in [-0.25, -0.2) is 9.97 Å². The Hall–Kier alpha value is -2.90. The third kappa shape index (κ3) is 4.31. The van der Waals surface area contributed by atoms with Crippen LogP contribution in [0.1, 0.15) is 5.56 Å². The molecule has 124 valence electrons. The van der Waals surface area contributed by atoms with Gasteiger partial charge >= 0.3 is 6.18 Å². The molecule has 24 heavy (non-hydrogen) atoms. The first-order chi connectivity index (χ1) is 11.5. The Bertz CT molecular complexity index is 839. The molecule has 0 aliphatic heterocycles. The lowest BCUT2D eigenvalue weighted by Gasteiger charge is -2.10. The minimum absolute atomic E-state index is 0.0729. The topological polar surface area (TPSA) is 59.9 Å². The molecule has 2 heterocycles. The van der Waals surface area contributed by atoms with Gasteiger partial charge in [0.25, 0.3) is 0 Å². The smallest absolute Gasteiger partial charge is 0.422 e. The Labute approximate surface area is 135 Å². The van der Waals surface area contributed by atoms with E-state index in [4.69, 9.17) is 0 Å². The number of hydrogen-bond donors (Lipinski definition) is 1. The average Bonchev–Trinajstić information content (AvgIpc) is 2.58. The van der Waals surface area contributed by atoms with Gasteiger partial charge in [0, 0.05) is 18.8 Å². The summed E-state index contributed by atoms with van der Waals surface area (Å²) in [5.41, 5.74) is 2.26. The summed E-state index contributed by atoms with van der Waals surface area (Å²) in [7, 11) is 0. The standard InChI is InChI=1S/C16H13F3N4O/c17-16(18,19)10-24-15-7-11(5-6-20-15)8-22-14-9-21-12-3-1-2-4-13(12)23-14/h1-7,9H,8,10H2,(H,22,23). The van der Waals surface area contributed by atoms with Gasteiger partial charge in [0.1, 0.15) is 5.82 Å². The molecule has 1 aromatic carbocycles. The number of fused-ring (bicyclic) bond motifs is 1. The van der Waals surface area contributed by atoms with Crippen molar-refractivity contribution in [2.45, 2.75) is 12.7 Å². The molecule has 0 fully saturated rings. The van der Waals surface area contributed by atoms with Crippen molar-refractivity contribution in [1.29, 1.82) is 0 Å². The third-order valence-corrected chi connectivity index (χ3v) is 3.11. The zero-order valence-corrected chi connectivity index (χ0v) is 12.4. The minimum Gasteiger partial charge on any atom is -0.468 e. The summed E-state index contributed by atoms with van der Waals surface area (Å²) in [6.45, 7) is -1.01. The van der Waals surface area contributed by atoms with Crippen LogP contribution in [-0.2, 0) is 6.54 Å². The fourth-order valence-corrected chi connectivity index (χ4v) is 2.03. The monoisotopic (exact) mass is 334 g/mol. The van der Waals surface area contributed by atoms with Crippen LogP contribution in [0.25, 0.3) is 11.0 Å². The quantitative estimate of drug-likeness (QED) is 0.773. The van der Waals surface area contributed by atoms with Crippen molar-refractivity contribution in [3.63, 3.8) is 0 Å². The number of hydrogen-bond acceptors (Lipinski definition) is 5. The Kier molecular flexibility index (Phi) is 4.45. The lowest BCUT2D eigenvalue weighted by molar-refractivity contribution is -0.154. The van der Waals surface area contributed by atoms with Crippen LogP contribution >= 0.6 is 0 Å². The molecule has 0 atom stereocenters. The molecular weight excluding hydrogens is 321 g/mol. The normalized spacial score (nSPS) is 11.5. The van der Waals surface area contributed by atoms with Crippen LogP contribution < -0.4 is 10.1 Å². The highest BCUT2D eigenvalue weighted by Crippen LogP contribution is 2.18. The molecular formula is C16H13F3N4O. The van der Waals surface area contributed by atoms with Crippen molar-refractivity contribution < 1.29 is 17.9 Å². The van der Waals surface area contributed by atoms with Crippen molar-refractivity contribution in [2.75, 3.05) is 11.9 Å². The van der Waals surface area contributed by atoms with E-state index in [0.29, 0.717) is 12.4 Å². The van der Waals surface area contributed by atoms with Gasteiger partial charge in [-0.15, -0.1) is 0 Å². The predicted octanol–water partition coefficient (Wildman–Crippen LogP) is 3.58. The van der Waals surface area contributed by atoms with Crippen molar-refractivity contribution in [2.24, 2.45) is 0 Å². The molecule has 0 saturated carbocycles. The first kappa shape index (κ1) is 16.0. The van der Waals surface area contributed by atoms with Gasteiger partial charge in [-0.05, 0) is 23.8 Å². The second-order valence-electron chi connectivity index (χ2n) is 5.00. The number of nitrogens with zero attached hydrogens (tertiary/aromatic N) is 3. The van der Waals surface area contributed by atoms with Gasteiger partial charge in [0.05, 0.1) is 17.2 Å². The van der Waals surface area contributed by atoms with Gasteiger partial charge < -0.3 is 10.1 Å². The Morgan fingerprint density at radius 2 is 1.83 bits per heavy atom. The van der Waals surface area contributed by atoms with Crippen LogP contribution in [0.5, 0.6) is 5.88 Å². The Morgan fingerprint density at radius 1 is 1.04 bits per heavy atom. The molecule has 0 unspecified atom stereocenters. The van der Waals surface area contributed by atoms with E-state index in [1.54, 1.807) is 12.3 Å². The van der Waals surface area contributed by atoms with Crippen LogP contribution in [0, 0.1) is 0 Å². The van der Waals surface area contributed by atoms with Crippen LogP contribution in [0.3, 0.4) is 0 Å². The van der Waals surface area contributed by atoms with E-state index in [0.717, 1.165) is 16.6 Å². The molecule has 0 aliphatic carbocycles. The number of benzene rings is 1. The van der Waals surface area contributed by atoms with E-state index in [1.807, 2.05) is 24.3 Å². The maximum Gasteiger partial charge on any atom is 0.422 e. The molecule has 1 N–H and O–H groups in total. The van der Waals surface area contributed by atoms with Gasteiger partial charge in [-0.1, -0.05) is 12.1 Å². The summed E-state index contributed by atoms with van der Waals surface area (Å²) < 4.78 is 41.1. The molecule has 5 nitrogen and oxygen atoms in total. The molecule has 0 bridgehead atoms. The van der Waals surface area contributed by atoms with Crippen LogP contribution in [0.4, 0.5) is 19.0 Å². The third-order valence-electron chi connectivity index (χ3n) is 3.11. The molecule has 8 heteroatoms. The summed E-state index contributed by atoms with van der Waals surface area (Å²) in [6, 6.07) is 10.6. The number of pyridine rings is 1. The van der Waals surface area contributed by atoms with E-state index in [1.165, 1.54) is 12.3 Å². The second kappa shape index (κ2) is 6.69. The highest BCUT2D eigenvalue weighted by Gasteiger charge is 2.28. The number of anilines is 1. The first-order valence-corrected chi connectivity index (χ1v) is 7.10. The van der Waals surface area contributed by atoms with E-state index < -0.39 is 12.8 Å². The lowest BCUT2D eigenvalue weighted by Crippen LogP contribution is -2.19. The Balaban J connectivity index is 1.65. The number of halogens is 3. The maximum absolute atomic E-state index is 12.2. The molecule has 0 spiro atoms. The molecule has 3 aromatic rings. The molecule has 3 rings (SSSR count). The number of alkyl halides is 3. The van der Waals surface area contributed by atoms with Crippen molar-refractivity contribution >= 4 is 16.9 Å². The number of nitrogens with one attached hydrogen (secondary N) is 1. The van der Waals surface area contributed by atoms with Gasteiger partial charge in [-0.2, -0.15) is 13.2 Å². The molecule has 0 saturated heterocycles. The summed E-state index contributed by atoms with van der Waals surface area (Å²) in [5, 5.41) is 3.07. The largest absolute Gasteiger partial charge is 0.468 e. The SMILES string of the molecule is FC(F)(F)COc1cc(CNc2cnc3ccccc3n2)ccn1. The van der Waals surface area contributed by atoms with Crippen LogP contribution in [-0.4, -0.2) is 27.7 Å². The molecule has 2 aromatic heterocycles. The average molecular weight is 334 g/mol. The number of para-hydroxylation sites is 2. The van der Waals surface area contributed by atoms with Crippen molar-refractivity contribution in [3.05, 3.63) is 54.4 Å². The first-order valence-electron chi connectivity index (χ1n) is 7.10. The highest BCUT2D eigenvalue weighted by atomic mass is 19.4. The number of aromatic nitrogens is 3. The fraction of sp³-hybridized carbons (Fsp3) is 0.188. The van der Waals surface area contributed by atoms with Gasteiger partial charge in [0.15, 0.2) is 6.61 Å². The zero-order chi connectivity index (χ0) is 17.0. The summed E-state index contributed by atoms with van der Waals surface area (Å²) in [5.74, 6) is 0.500. The van der Waals surface area contributed by atoms with Gasteiger partial charge in [0.2, 0.25) is 5.88 Å². The van der Waals surface area contributed by atoms with E-state index in [-0.39, 0.29) is 5.88 Å². The minimum atomic E-state index is -4.39. The molecule has 0 aliphatic rings. The van der Waals surface area contributed by atoms with Crippen LogP contribution in [0.15, 0.2) is 48.8 Å².